The van der Waals surface area contributed by atoms with Gasteiger partial charge in [-0.3, -0.25) is 0 Å². The minimum atomic E-state index is -4.34. The van der Waals surface area contributed by atoms with Crippen LogP contribution in [0.2, 0.25) is 0 Å². The first-order valence-corrected chi connectivity index (χ1v) is 10.3. The largest absolute Gasteiger partial charge is 0.744 e. The lowest BCUT2D eigenvalue weighted by Crippen LogP contribution is -2.00. The van der Waals surface area contributed by atoms with Gasteiger partial charge in [-0.2, -0.15) is 0 Å². The minimum absolute atomic E-state index is 0.144. The van der Waals surface area contributed by atoms with E-state index < -0.39 is 10.1 Å². The molecule has 0 heterocycles. The molecule has 0 aliphatic carbocycles. The molecule has 3 nitrogen and oxygen atoms in total. The normalized spacial score (nSPS) is 14.6. The molecule has 0 N–H and O–H groups in total. The lowest BCUT2D eigenvalue weighted by atomic mass is 9.92. The van der Waals surface area contributed by atoms with Crippen LogP contribution in [0.25, 0.3) is 0 Å². The summed E-state index contributed by atoms with van der Waals surface area (Å²) >= 11 is 0. The molecule has 1 unspecified atom stereocenters. The van der Waals surface area contributed by atoms with Gasteiger partial charge in [0.15, 0.2) is 0 Å². The third-order valence-electron chi connectivity index (χ3n) is 4.62. The maximum atomic E-state index is 10.9. The zero-order valence-electron chi connectivity index (χ0n) is 14.8. The molecular weight excluding hydrogens is 308 g/mol. The van der Waals surface area contributed by atoms with Crippen molar-refractivity contribution in [3.63, 3.8) is 0 Å². The van der Waals surface area contributed by atoms with E-state index in [1.165, 1.54) is 57.1 Å². The van der Waals surface area contributed by atoms with Gasteiger partial charge in [-0.25, -0.2) is 8.42 Å². The fourth-order valence-electron chi connectivity index (χ4n) is 2.96. The summed E-state index contributed by atoms with van der Waals surface area (Å²) in [6.45, 7) is 6.75. The Balaban J connectivity index is 2.30. The first-order chi connectivity index (χ1) is 10.8. The second-order valence-electron chi connectivity index (χ2n) is 6.81. The first-order valence-electron chi connectivity index (χ1n) is 8.90. The zero-order chi connectivity index (χ0) is 17.3. The predicted molar refractivity (Wildman–Crippen MR) is 94.6 cm³/mol. The van der Waals surface area contributed by atoms with Gasteiger partial charge in [-0.1, -0.05) is 77.8 Å². The van der Waals surface area contributed by atoms with Gasteiger partial charge < -0.3 is 4.55 Å². The Labute approximate surface area is 142 Å². The topological polar surface area (TPSA) is 57.2 Å². The van der Waals surface area contributed by atoms with Crippen LogP contribution in [0.1, 0.15) is 83.6 Å². The van der Waals surface area contributed by atoms with E-state index >= 15 is 0 Å². The van der Waals surface area contributed by atoms with Crippen molar-refractivity contribution in [3.05, 3.63) is 29.8 Å². The summed E-state index contributed by atoms with van der Waals surface area (Å²) in [5.74, 6) is 1.22. The highest BCUT2D eigenvalue weighted by Gasteiger charge is 2.08. The molecule has 0 aliphatic rings. The van der Waals surface area contributed by atoms with E-state index in [0.717, 1.165) is 17.9 Å². The van der Waals surface area contributed by atoms with Crippen LogP contribution >= 0.6 is 0 Å². The summed E-state index contributed by atoms with van der Waals surface area (Å²) in [6, 6.07) is 6.37. The summed E-state index contributed by atoms with van der Waals surface area (Å²) in [5.41, 5.74) is 1.10. The average Bonchev–Trinajstić information content (AvgIpc) is 2.51. The molecule has 1 rings (SSSR count). The van der Waals surface area contributed by atoms with Crippen molar-refractivity contribution in [1.29, 1.82) is 0 Å². The zero-order valence-corrected chi connectivity index (χ0v) is 15.6. The number of rotatable bonds is 11. The number of benzene rings is 1. The molecule has 0 amide bonds. The number of hydrogen-bond acceptors (Lipinski definition) is 3. The van der Waals surface area contributed by atoms with E-state index in [9.17, 15) is 13.0 Å². The molecule has 0 aliphatic heterocycles. The van der Waals surface area contributed by atoms with Gasteiger partial charge in [0.25, 0.3) is 0 Å². The lowest BCUT2D eigenvalue weighted by molar-refractivity contribution is 0.435. The standard InChI is InChI=1S/C19H32O3S/c1-4-5-6-9-16(2)10-7-8-11-17(3)18-12-14-19(15-13-18)23(20,21)22/h12-17H,4-11H2,1-3H3,(H,20,21,22)/p-1/t16-,17?/m0/s1. The van der Waals surface area contributed by atoms with Gasteiger partial charge >= 0.3 is 0 Å². The van der Waals surface area contributed by atoms with Crippen LogP contribution in [0.3, 0.4) is 0 Å². The van der Waals surface area contributed by atoms with Gasteiger partial charge in [-0.05, 0) is 36.0 Å². The van der Waals surface area contributed by atoms with Crippen molar-refractivity contribution in [2.75, 3.05) is 0 Å². The molecule has 0 spiro atoms. The van der Waals surface area contributed by atoms with E-state index in [1.54, 1.807) is 12.1 Å². The molecule has 0 bridgehead atoms. The summed E-state index contributed by atoms with van der Waals surface area (Å²) in [6.07, 6.45) is 10.2. The van der Waals surface area contributed by atoms with Crippen LogP contribution in [-0.4, -0.2) is 13.0 Å². The molecule has 1 aromatic carbocycles. The van der Waals surface area contributed by atoms with Crippen molar-refractivity contribution in [1.82, 2.24) is 0 Å². The highest BCUT2D eigenvalue weighted by Crippen LogP contribution is 2.24. The third kappa shape index (κ3) is 7.98. The van der Waals surface area contributed by atoms with Crippen molar-refractivity contribution in [2.45, 2.75) is 83.0 Å². The minimum Gasteiger partial charge on any atom is -0.744 e. The number of unbranched alkanes of at least 4 members (excludes halogenated alkanes) is 3. The van der Waals surface area contributed by atoms with Crippen molar-refractivity contribution >= 4 is 10.1 Å². The summed E-state index contributed by atoms with van der Waals surface area (Å²) in [4.78, 5) is -0.144. The highest BCUT2D eigenvalue weighted by atomic mass is 32.2. The van der Waals surface area contributed by atoms with Gasteiger partial charge in [0, 0.05) is 0 Å². The number of hydrogen-bond donors (Lipinski definition) is 0. The molecule has 0 aromatic heterocycles. The average molecular weight is 340 g/mol. The molecule has 2 atom stereocenters. The molecule has 4 heteroatoms. The van der Waals surface area contributed by atoms with Crippen LogP contribution in [0, 0.1) is 5.92 Å². The first kappa shape index (κ1) is 20.2. The Morgan fingerprint density at radius 1 is 0.913 bits per heavy atom. The molecule has 23 heavy (non-hydrogen) atoms. The summed E-state index contributed by atoms with van der Waals surface area (Å²) in [7, 11) is -4.34. The van der Waals surface area contributed by atoms with Gasteiger partial charge in [0.2, 0.25) is 0 Å². The van der Waals surface area contributed by atoms with Crippen LogP contribution < -0.4 is 0 Å². The molecule has 0 saturated heterocycles. The van der Waals surface area contributed by atoms with Crippen molar-refractivity contribution in [3.8, 4) is 0 Å². The fourth-order valence-corrected chi connectivity index (χ4v) is 3.43. The highest BCUT2D eigenvalue weighted by molar-refractivity contribution is 7.85. The summed E-state index contributed by atoms with van der Waals surface area (Å²) < 4.78 is 32.8. The lowest BCUT2D eigenvalue weighted by Gasteiger charge is -2.15. The van der Waals surface area contributed by atoms with E-state index in [-0.39, 0.29) is 4.90 Å². The predicted octanol–water partition coefficient (Wildman–Crippen LogP) is 5.47. The maximum Gasteiger partial charge on any atom is 0.124 e. The van der Waals surface area contributed by atoms with E-state index in [1.807, 2.05) is 0 Å². The molecule has 0 radical (unpaired) electrons. The molecule has 0 fully saturated rings. The van der Waals surface area contributed by atoms with Crippen LogP contribution in [0.15, 0.2) is 29.2 Å². The van der Waals surface area contributed by atoms with Crippen LogP contribution in [-0.2, 0) is 10.1 Å². The van der Waals surface area contributed by atoms with Crippen molar-refractivity contribution in [2.24, 2.45) is 5.92 Å². The van der Waals surface area contributed by atoms with Crippen LogP contribution in [0.5, 0.6) is 0 Å². The Morgan fingerprint density at radius 2 is 1.43 bits per heavy atom. The summed E-state index contributed by atoms with van der Waals surface area (Å²) in [5, 5.41) is 0. The molecule has 0 saturated carbocycles. The van der Waals surface area contributed by atoms with Crippen LogP contribution in [0.4, 0.5) is 0 Å². The second kappa shape index (κ2) is 10.1. The monoisotopic (exact) mass is 339 g/mol. The Morgan fingerprint density at radius 3 is 1.96 bits per heavy atom. The van der Waals surface area contributed by atoms with Gasteiger partial charge in [-0.15, -0.1) is 0 Å². The SMILES string of the molecule is CCCCC[C@H](C)CCCCC(C)c1ccc(S(=O)(=O)[O-])cc1. The molecular formula is C19H31O3S-. The van der Waals surface area contributed by atoms with E-state index in [2.05, 4.69) is 20.8 Å². The van der Waals surface area contributed by atoms with Crippen molar-refractivity contribution < 1.29 is 13.0 Å². The smallest absolute Gasteiger partial charge is 0.124 e. The molecule has 1 aromatic rings. The van der Waals surface area contributed by atoms with E-state index in [0.29, 0.717) is 5.92 Å². The fraction of sp³-hybridized carbons (Fsp3) is 0.684. The van der Waals surface area contributed by atoms with E-state index in [4.69, 9.17) is 0 Å². The Bertz CT molecular complexity index is 534. The van der Waals surface area contributed by atoms with Gasteiger partial charge in [0.1, 0.15) is 10.1 Å². The third-order valence-corrected chi connectivity index (χ3v) is 5.47. The molecule has 132 valence electrons. The maximum absolute atomic E-state index is 10.9. The quantitative estimate of drug-likeness (QED) is 0.397. The van der Waals surface area contributed by atoms with Gasteiger partial charge in [0.05, 0.1) is 4.90 Å². The Kier molecular flexibility index (Phi) is 8.85. The second-order valence-corrected chi connectivity index (χ2v) is 8.19. The Hall–Kier alpha value is -0.870.